The molecule has 3 heteroatoms. The zero-order valence-corrected chi connectivity index (χ0v) is 27.7. The van der Waals surface area contributed by atoms with E-state index in [1.165, 1.54) is 76.1 Å². The van der Waals surface area contributed by atoms with Gasteiger partial charge in [0.25, 0.3) is 0 Å². The fraction of sp³-hybridized carbons (Fsp3) is 0.0208. The summed E-state index contributed by atoms with van der Waals surface area (Å²) in [6, 6.07) is 65.9. The average molecular weight is 650 g/mol. The second-order valence-electron chi connectivity index (χ2n) is 13.5. The van der Waals surface area contributed by atoms with Gasteiger partial charge in [0.05, 0.1) is 16.7 Å². The Labute approximate surface area is 294 Å². The van der Waals surface area contributed by atoms with E-state index in [0.717, 1.165) is 17.1 Å². The quantitative estimate of drug-likeness (QED) is 0.174. The first kappa shape index (κ1) is 28.2. The van der Waals surface area contributed by atoms with Crippen LogP contribution in [-0.4, -0.2) is 10.4 Å². The Hall–Kier alpha value is -6.71. The number of aromatic nitrogens is 1. The maximum absolute atomic E-state index is 5.39. The van der Waals surface area contributed by atoms with E-state index in [2.05, 4.69) is 191 Å². The van der Waals surface area contributed by atoms with Crippen molar-refractivity contribution in [2.75, 3.05) is 4.90 Å². The van der Waals surface area contributed by atoms with Crippen LogP contribution in [0.4, 0.5) is 5.69 Å². The molecular weight excluding hydrogens is 619 g/mol. The van der Waals surface area contributed by atoms with Crippen LogP contribution in [0.3, 0.4) is 0 Å². The lowest BCUT2D eigenvalue weighted by Gasteiger charge is -2.41. The molecule has 0 aliphatic carbocycles. The molecule has 1 unspecified atom stereocenters. The maximum atomic E-state index is 5.39. The summed E-state index contributed by atoms with van der Waals surface area (Å²) in [5.41, 5.74) is 7.11. The van der Waals surface area contributed by atoms with Crippen LogP contribution in [0.5, 0.6) is 0 Å². The van der Waals surface area contributed by atoms with E-state index in [4.69, 9.17) is 4.99 Å². The second-order valence-corrected chi connectivity index (χ2v) is 13.5. The first-order valence-electron chi connectivity index (χ1n) is 17.6. The van der Waals surface area contributed by atoms with Crippen LogP contribution >= 0.6 is 0 Å². The monoisotopic (exact) mass is 649 g/mol. The van der Waals surface area contributed by atoms with E-state index < -0.39 is 0 Å². The molecule has 238 valence electrons. The Morgan fingerprint density at radius 3 is 1.84 bits per heavy atom. The Morgan fingerprint density at radius 1 is 0.431 bits per heavy atom. The van der Waals surface area contributed by atoms with Crippen molar-refractivity contribution in [2.24, 2.45) is 4.99 Å². The van der Waals surface area contributed by atoms with E-state index >= 15 is 0 Å². The molecule has 1 aliphatic rings. The smallest absolute Gasteiger partial charge is 0.155 e. The fourth-order valence-corrected chi connectivity index (χ4v) is 8.56. The van der Waals surface area contributed by atoms with Crippen LogP contribution in [0.15, 0.2) is 187 Å². The molecule has 0 fully saturated rings. The fourth-order valence-electron chi connectivity index (χ4n) is 8.56. The molecule has 10 aromatic rings. The molecule has 0 saturated heterocycles. The van der Waals surface area contributed by atoms with Crippen LogP contribution < -0.4 is 4.90 Å². The molecule has 0 N–H and O–H groups in total. The molecule has 1 aromatic heterocycles. The normalized spacial score (nSPS) is 14.5. The highest BCUT2D eigenvalue weighted by molar-refractivity contribution is 6.38. The highest BCUT2D eigenvalue weighted by Crippen LogP contribution is 2.49. The highest BCUT2D eigenvalue weighted by Gasteiger charge is 2.36. The van der Waals surface area contributed by atoms with Gasteiger partial charge < -0.3 is 4.57 Å². The molecule has 0 amide bonds. The minimum absolute atomic E-state index is 0.143. The number of amidine groups is 1. The summed E-state index contributed by atoms with van der Waals surface area (Å²) >= 11 is 0. The van der Waals surface area contributed by atoms with Crippen molar-refractivity contribution in [3.63, 3.8) is 0 Å². The van der Waals surface area contributed by atoms with Gasteiger partial charge in [-0.2, -0.15) is 0 Å². The van der Waals surface area contributed by atoms with E-state index in [0.29, 0.717) is 0 Å². The lowest BCUT2D eigenvalue weighted by molar-refractivity contribution is 0.693. The number of rotatable bonds is 4. The van der Waals surface area contributed by atoms with Crippen LogP contribution in [0.2, 0.25) is 0 Å². The van der Waals surface area contributed by atoms with Crippen LogP contribution in [0, 0.1) is 0 Å². The minimum Gasteiger partial charge on any atom is -0.309 e. The van der Waals surface area contributed by atoms with E-state index in [1.54, 1.807) is 0 Å². The summed E-state index contributed by atoms with van der Waals surface area (Å²) < 4.78 is 2.46. The minimum atomic E-state index is -0.143. The van der Waals surface area contributed by atoms with Gasteiger partial charge in [0.15, 0.2) is 6.17 Å². The number of hydrogen-bond donors (Lipinski definition) is 0. The summed E-state index contributed by atoms with van der Waals surface area (Å²) in [6.07, 6.45) is -0.143. The van der Waals surface area contributed by atoms with Crippen LogP contribution in [0.1, 0.15) is 17.3 Å². The first-order valence-corrected chi connectivity index (χ1v) is 17.6. The molecule has 0 radical (unpaired) electrons. The Kier molecular flexibility index (Phi) is 6.02. The van der Waals surface area contributed by atoms with Gasteiger partial charge in [-0.05, 0) is 56.8 Å². The van der Waals surface area contributed by atoms with Crippen molar-refractivity contribution >= 4 is 76.4 Å². The number of anilines is 1. The molecule has 3 nitrogen and oxygen atoms in total. The number of fused-ring (bicyclic) bond motifs is 11. The Bertz CT molecular complexity index is 3020. The second kappa shape index (κ2) is 10.9. The number of benzene rings is 9. The van der Waals surface area contributed by atoms with Gasteiger partial charge >= 0.3 is 0 Å². The third-order valence-electron chi connectivity index (χ3n) is 10.7. The lowest BCUT2D eigenvalue weighted by Crippen LogP contribution is -2.44. The van der Waals surface area contributed by atoms with Crippen molar-refractivity contribution in [1.82, 2.24) is 4.57 Å². The highest BCUT2D eigenvalue weighted by atomic mass is 15.4. The van der Waals surface area contributed by atoms with Crippen molar-refractivity contribution in [1.29, 1.82) is 0 Å². The van der Waals surface area contributed by atoms with Gasteiger partial charge in [-0.25, -0.2) is 4.99 Å². The van der Waals surface area contributed by atoms with Gasteiger partial charge in [-0.1, -0.05) is 158 Å². The lowest BCUT2D eigenvalue weighted by atomic mass is 9.90. The Balaban J connectivity index is 1.29. The predicted molar refractivity (Wildman–Crippen MR) is 215 cm³/mol. The van der Waals surface area contributed by atoms with Crippen molar-refractivity contribution < 1.29 is 0 Å². The Morgan fingerprint density at radius 2 is 1.04 bits per heavy atom. The summed E-state index contributed by atoms with van der Waals surface area (Å²) in [7, 11) is 0. The number of hydrogen-bond acceptors (Lipinski definition) is 2. The molecule has 0 bridgehead atoms. The number of nitrogens with zero attached hydrogens (tertiary/aromatic N) is 3. The van der Waals surface area contributed by atoms with Gasteiger partial charge in [0.2, 0.25) is 0 Å². The topological polar surface area (TPSA) is 20.5 Å². The SMILES string of the molecule is c1ccc(C2N=C(c3cccc4ccccc34)N2c2cc3c4ccccc4c4c(c5ccccc5n4-c4ccccc4)c3c3ccccc23)cc1. The molecule has 9 aromatic carbocycles. The maximum Gasteiger partial charge on any atom is 0.155 e. The largest absolute Gasteiger partial charge is 0.309 e. The van der Waals surface area contributed by atoms with Gasteiger partial charge in [0, 0.05) is 38.2 Å². The van der Waals surface area contributed by atoms with Crippen molar-refractivity contribution in [3.05, 3.63) is 193 Å². The first-order chi connectivity index (χ1) is 25.3. The number of aliphatic imine (C=N–C) groups is 1. The van der Waals surface area contributed by atoms with Crippen molar-refractivity contribution in [2.45, 2.75) is 6.17 Å². The summed E-state index contributed by atoms with van der Waals surface area (Å²) in [5.74, 6) is 0.997. The number of para-hydroxylation sites is 2. The molecule has 0 saturated carbocycles. The molecule has 51 heavy (non-hydrogen) atoms. The van der Waals surface area contributed by atoms with Crippen LogP contribution in [-0.2, 0) is 0 Å². The molecule has 11 rings (SSSR count). The van der Waals surface area contributed by atoms with Crippen molar-refractivity contribution in [3.8, 4) is 5.69 Å². The van der Waals surface area contributed by atoms with E-state index in [1.807, 2.05) is 0 Å². The van der Waals surface area contributed by atoms with Gasteiger partial charge in [-0.3, -0.25) is 4.90 Å². The third-order valence-corrected chi connectivity index (χ3v) is 10.7. The molecule has 1 atom stereocenters. The third kappa shape index (κ3) is 4.03. The predicted octanol–water partition coefficient (Wildman–Crippen LogP) is 12.4. The standard InChI is InChI=1S/C48H31N3/c1-3-17-32(18-4-1)47-49-48(39-28-15-19-31-16-7-8-22-34(31)39)51(47)43-30-41-35-23-9-12-26-38(35)46-45(44(41)37-25-11-10-24-36(37)43)40-27-13-14-29-42(40)50(46)33-20-5-2-6-21-33/h1-30,47H. The zero-order valence-electron chi connectivity index (χ0n) is 27.7. The average Bonchev–Trinajstić information content (AvgIpc) is 3.54. The molecular formula is C48H31N3. The zero-order chi connectivity index (χ0) is 33.5. The van der Waals surface area contributed by atoms with Gasteiger partial charge in [-0.15, -0.1) is 0 Å². The molecule has 2 heterocycles. The molecule has 1 aliphatic heterocycles. The van der Waals surface area contributed by atoms with Gasteiger partial charge in [0.1, 0.15) is 5.84 Å². The summed E-state index contributed by atoms with van der Waals surface area (Å²) in [5, 5.41) is 12.5. The summed E-state index contributed by atoms with van der Waals surface area (Å²) in [6.45, 7) is 0. The molecule has 0 spiro atoms. The van der Waals surface area contributed by atoms with E-state index in [9.17, 15) is 0 Å². The van der Waals surface area contributed by atoms with E-state index in [-0.39, 0.29) is 6.17 Å². The summed E-state index contributed by atoms with van der Waals surface area (Å²) in [4.78, 5) is 7.86. The van der Waals surface area contributed by atoms with Crippen LogP contribution in [0.25, 0.3) is 70.6 Å².